The minimum Gasteiger partial charge on any atom is -0.496 e. The lowest BCUT2D eigenvalue weighted by molar-refractivity contribution is -0.193. The van der Waals surface area contributed by atoms with Crippen LogP contribution in [-0.2, 0) is 31.5 Å². The van der Waals surface area contributed by atoms with Gasteiger partial charge < -0.3 is 29.2 Å². The maximum atomic E-state index is 12.5. The average molecular weight is 893 g/mol. The molecule has 18 heteroatoms. The van der Waals surface area contributed by atoms with Crippen LogP contribution in [0.5, 0.6) is 23.0 Å². The summed E-state index contributed by atoms with van der Waals surface area (Å²) >= 11 is 2.95. The third kappa shape index (κ3) is 23.0. The predicted octanol–water partition coefficient (Wildman–Crippen LogP) is 9.99. The third-order valence-corrected chi connectivity index (χ3v) is 9.38. The lowest BCUT2D eigenvalue weighted by Crippen LogP contribution is -2.20. The number of ether oxygens (including phenoxy) is 4. The molecule has 0 radical (unpaired) electrons. The molecule has 4 rings (SSSR count). The number of alkyl halides is 6. The van der Waals surface area contributed by atoms with Gasteiger partial charge in [0.25, 0.3) is 0 Å². The second-order valence-corrected chi connectivity index (χ2v) is 13.9. The number of carbonyl (C=O) groups excluding carboxylic acids is 4. The zero-order valence-electron chi connectivity index (χ0n) is 31.7. The molecule has 0 aliphatic carbocycles. The quantitative estimate of drug-likeness (QED) is 0.0816. The summed E-state index contributed by atoms with van der Waals surface area (Å²) in [6.45, 7) is 6.65. The molecule has 2 atom stereocenters. The van der Waals surface area contributed by atoms with E-state index in [-0.39, 0.29) is 46.1 Å². The van der Waals surface area contributed by atoms with Crippen LogP contribution in [0.1, 0.15) is 50.5 Å². The normalized spacial score (nSPS) is 11.3. The van der Waals surface area contributed by atoms with Gasteiger partial charge in [0, 0.05) is 21.3 Å². The molecule has 0 unspecified atom stereocenters. The Labute approximate surface area is 354 Å². The molecule has 0 saturated heterocycles. The van der Waals surface area contributed by atoms with Crippen molar-refractivity contribution < 1.29 is 74.7 Å². The first-order valence-electron chi connectivity index (χ1n) is 17.0. The molecular weight excluding hydrogens is 843 g/mol. The minimum atomic E-state index is -4.37. The van der Waals surface area contributed by atoms with Crippen LogP contribution in [0.25, 0.3) is 0 Å². The molecule has 0 amide bonds. The molecule has 332 valence electrons. The van der Waals surface area contributed by atoms with Gasteiger partial charge in [0.2, 0.25) is 0 Å². The fraction of sp³-hybridized carbons (Fsp3) is 0.381. The zero-order chi connectivity index (χ0) is 43.7. The molecule has 0 fully saturated rings. The SMILES string of the molecule is C.C.CCCOc1ccc(SC[C@H](O)COc2ccc(C(F)(F)F)cc2)cc1C.COc1ccc(SC[C@H](O)COc2ccc(C(F)(F)F)cc2)cc1C.O=C=O.O=C=O. The number of benzene rings is 4. The first-order chi connectivity index (χ1) is 27.4. The Kier molecular flexibility index (Phi) is 28.7. The van der Waals surface area contributed by atoms with Crippen molar-refractivity contribution in [3.05, 3.63) is 107 Å². The summed E-state index contributed by atoms with van der Waals surface area (Å²) in [5, 5.41) is 20.0. The molecule has 0 spiro atoms. The molecule has 2 N–H and O–H groups in total. The molecule has 0 aliphatic heterocycles. The topological polar surface area (TPSA) is 146 Å². The van der Waals surface area contributed by atoms with Crippen LogP contribution in [0.15, 0.2) is 94.7 Å². The van der Waals surface area contributed by atoms with Gasteiger partial charge >= 0.3 is 24.7 Å². The van der Waals surface area contributed by atoms with Gasteiger partial charge in [-0.3, -0.25) is 0 Å². The monoisotopic (exact) mass is 892 g/mol. The van der Waals surface area contributed by atoms with E-state index in [0.29, 0.717) is 23.9 Å². The van der Waals surface area contributed by atoms with Crippen LogP contribution in [0.2, 0.25) is 0 Å². The largest absolute Gasteiger partial charge is 0.496 e. The van der Waals surface area contributed by atoms with Crippen molar-refractivity contribution in [2.45, 2.75) is 76.4 Å². The number of thioether (sulfide) groups is 2. The standard InChI is InChI=1S/C20H23F3O3S.C18H19F3O3S.2CO2.2CH4/c1-3-10-25-19-9-8-18(11-14(19)2)27-13-16(24)12-26-17-6-4-15(5-7-17)20(21,22)23;1-12-9-16(7-8-17(12)23-2)25-11-14(22)10-24-15-5-3-13(4-6-15)18(19,20)21;2*2-1-3;;/h4-9,11,16,24H,3,10,12-13H2,1-2H3;3-9,14,22H,10-11H2,1-2H3;;;2*1H4/t16-;14-;;;;/m11..../s1. The highest BCUT2D eigenvalue weighted by atomic mass is 32.2. The van der Waals surface area contributed by atoms with Crippen molar-refractivity contribution in [3.8, 4) is 23.0 Å². The van der Waals surface area contributed by atoms with Gasteiger partial charge in [-0.25, -0.2) is 0 Å². The van der Waals surface area contributed by atoms with Crippen LogP contribution in [0.4, 0.5) is 26.3 Å². The Balaban J connectivity index is 0. The van der Waals surface area contributed by atoms with E-state index in [4.69, 9.17) is 38.1 Å². The van der Waals surface area contributed by atoms with Gasteiger partial charge in [-0.15, -0.1) is 23.5 Å². The van der Waals surface area contributed by atoms with Crippen molar-refractivity contribution in [2.75, 3.05) is 38.4 Å². The summed E-state index contributed by atoms with van der Waals surface area (Å²) in [6, 6.07) is 20.4. The second kappa shape index (κ2) is 30.1. The molecule has 10 nitrogen and oxygen atoms in total. The Hall–Kier alpha value is -4.96. The van der Waals surface area contributed by atoms with Gasteiger partial charge in [-0.1, -0.05) is 21.8 Å². The molecule has 4 aromatic rings. The lowest BCUT2D eigenvalue weighted by atomic mass is 10.2. The van der Waals surface area contributed by atoms with E-state index in [0.717, 1.165) is 63.1 Å². The van der Waals surface area contributed by atoms with E-state index in [1.807, 2.05) is 57.2 Å². The van der Waals surface area contributed by atoms with Crippen LogP contribution in [-0.4, -0.2) is 73.2 Å². The Morgan fingerprint density at radius 3 is 1.25 bits per heavy atom. The summed E-state index contributed by atoms with van der Waals surface area (Å²) in [5.41, 5.74) is 0.574. The average Bonchev–Trinajstić information content (AvgIpc) is 3.18. The van der Waals surface area contributed by atoms with Gasteiger partial charge in [-0.2, -0.15) is 45.5 Å². The van der Waals surface area contributed by atoms with E-state index in [2.05, 4.69) is 0 Å². The highest BCUT2D eigenvalue weighted by Crippen LogP contribution is 2.32. The van der Waals surface area contributed by atoms with E-state index in [1.165, 1.54) is 47.8 Å². The maximum Gasteiger partial charge on any atom is 0.416 e. The Morgan fingerprint density at radius 2 is 0.950 bits per heavy atom. The van der Waals surface area contributed by atoms with E-state index in [1.54, 1.807) is 7.11 Å². The first-order valence-corrected chi connectivity index (χ1v) is 19.0. The number of aryl methyl sites for hydroxylation is 2. The minimum absolute atomic E-state index is 0. The highest BCUT2D eigenvalue weighted by Gasteiger charge is 2.31. The number of hydrogen-bond acceptors (Lipinski definition) is 12. The molecule has 60 heavy (non-hydrogen) atoms. The van der Waals surface area contributed by atoms with Crippen molar-refractivity contribution in [3.63, 3.8) is 0 Å². The molecule has 0 aliphatic rings. The maximum absolute atomic E-state index is 12.5. The molecule has 0 heterocycles. The van der Waals surface area contributed by atoms with Gasteiger partial charge in [0.15, 0.2) is 0 Å². The number of aliphatic hydroxyl groups is 2. The van der Waals surface area contributed by atoms with Crippen LogP contribution in [0, 0.1) is 13.8 Å². The smallest absolute Gasteiger partial charge is 0.416 e. The number of halogens is 6. The number of rotatable bonds is 16. The molecule has 0 saturated carbocycles. The second-order valence-electron chi connectivity index (χ2n) is 11.7. The third-order valence-electron chi connectivity index (χ3n) is 7.11. The van der Waals surface area contributed by atoms with Crippen molar-refractivity contribution in [2.24, 2.45) is 0 Å². The van der Waals surface area contributed by atoms with Gasteiger partial charge in [-0.05, 0) is 116 Å². The van der Waals surface area contributed by atoms with Gasteiger partial charge in [0.1, 0.15) is 36.2 Å². The molecular formula is C42H50F6O10S2. The van der Waals surface area contributed by atoms with Crippen LogP contribution < -0.4 is 18.9 Å². The lowest BCUT2D eigenvalue weighted by Gasteiger charge is -2.14. The van der Waals surface area contributed by atoms with Crippen molar-refractivity contribution in [1.82, 2.24) is 0 Å². The fourth-order valence-electron chi connectivity index (χ4n) is 4.37. The van der Waals surface area contributed by atoms with E-state index >= 15 is 0 Å². The summed E-state index contributed by atoms with van der Waals surface area (Å²) in [6.07, 6.45) is -8.78. The van der Waals surface area contributed by atoms with Crippen molar-refractivity contribution >= 4 is 35.8 Å². The fourth-order valence-corrected chi connectivity index (χ4v) is 6.18. The Bertz CT molecular complexity index is 1830. The zero-order valence-corrected chi connectivity index (χ0v) is 33.4. The summed E-state index contributed by atoms with van der Waals surface area (Å²) in [4.78, 5) is 34.5. The number of methoxy groups -OCH3 is 1. The van der Waals surface area contributed by atoms with E-state index in [9.17, 15) is 36.6 Å². The predicted molar refractivity (Wildman–Crippen MR) is 216 cm³/mol. The number of hydrogen-bond donors (Lipinski definition) is 2. The molecule has 0 aromatic heterocycles. The van der Waals surface area contributed by atoms with E-state index < -0.39 is 35.7 Å². The summed E-state index contributed by atoms with van der Waals surface area (Å²) < 4.78 is 96.5. The summed E-state index contributed by atoms with van der Waals surface area (Å²) in [5.74, 6) is 3.06. The van der Waals surface area contributed by atoms with Gasteiger partial charge in [0.05, 0.1) is 37.1 Å². The van der Waals surface area contributed by atoms with Crippen molar-refractivity contribution in [1.29, 1.82) is 0 Å². The number of aliphatic hydroxyl groups excluding tert-OH is 2. The first kappa shape index (κ1) is 57.1. The van der Waals surface area contributed by atoms with Crippen LogP contribution >= 0.6 is 23.5 Å². The summed E-state index contributed by atoms with van der Waals surface area (Å²) in [7, 11) is 1.61. The van der Waals surface area contributed by atoms with Crippen LogP contribution in [0.3, 0.4) is 0 Å². The Morgan fingerprint density at radius 1 is 0.600 bits per heavy atom. The molecule has 4 aromatic carbocycles. The molecule has 0 bridgehead atoms. The highest BCUT2D eigenvalue weighted by molar-refractivity contribution is 7.99.